The van der Waals surface area contributed by atoms with Gasteiger partial charge in [-0.2, -0.15) is 18.4 Å². The van der Waals surface area contributed by atoms with Crippen LogP contribution in [0.2, 0.25) is 0 Å². The average Bonchev–Trinajstić information content (AvgIpc) is 2.37. The van der Waals surface area contributed by atoms with Crippen molar-refractivity contribution in [3.05, 3.63) is 29.8 Å². The van der Waals surface area contributed by atoms with E-state index in [0.29, 0.717) is 24.2 Å². The van der Waals surface area contributed by atoms with Gasteiger partial charge in [-0.1, -0.05) is 12.1 Å². The van der Waals surface area contributed by atoms with Gasteiger partial charge in [0.1, 0.15) is 12.1 Å². The molecule has 1 aliphatic rings. The van der Waals surface area contributed by atoms with Crippen LogP contribution in [0.4, 0.5) is 18.9 Å². The Morgan fingerprint density at radius 2 is 1.94 bits per heavy atom. The van der Waals surface area contributed by atoms with Crippen molar-refractivity contribution in [2.75, 3.05) is 11.4 Å². The largest absolute Gasteiger partial charge is 0.408 e. The molecule has 0 spiro atoms. The molecule has 1 aromatic carbocycles. The molecule has 1 aliphatic heterocycles. The average molecular weight is 254 g/mol. The molecule has 1 aromatic rings. The van der Waals surface area contributed by atoms with Gasteiger partial charge in [0.25, 0.3) is 0 Å². The number of nitriles is 1. The normalized spacial score (nSPS) is 20.6. The van der Waals surface area contributed by atoms with E-state index >= 15 is 0 Å². The fraction of sp³-hybridized carbons (Fsp3) is 0.462. The van der Waals surface area contributed by atoms with E-state index in [4.69, 9.17) is 5.26 Å². The fourth-order valence-electron chi connectivity index (χ4n) is 2.38. The highest BCUT2D eigenvalue weighted by Gasteiger charge is 2.44. The van der Waals surface area contributed by atoms with E-state index in [-0.39, 0.29) is 6.42 Å². The van der Waals surface area contributed by atoms with E-state index in [2.05, 4.69) is 0 Å². The quantitative estimate of drug-likeness (QED) is 0.767. The van der Waals surface area contributed by atoms with Crippen LogP contribution in [0.5, 0.6) is 0 Å². The Bertz CT molecular complexity index is 462. The maximum Gasteiger partial charge on any atom is 0.408 e. The highest BCUT2D eigenvalue weighted by atomic mass is 19.4. The molecule has 0 saturated carbocycles. The molecule has 0 aromatic heterocycles. The minimum Gasteiger partial charge on any atom is -0.359 e. The molecule has 0 radical (unpaired) electrons. The fourth-order valence-corrected chi connectivity index (χ4v) is 2.38. The standard InChI is InChI=1S/C13H13F3N2/c14-13(15,16)12-7-3-4-8-18(12)11-6-2-1-5-10(11)9-17/h1-2,5-6,12H,3-4,7-8H2. The van der Waals surface area contributed by atoms with Crippen molar-refractivity contribution in [2.45, 2.75) is 31.5 Å². The smallest absolute Gasteiger partial charge is 0.359 e. The number of alkyl halides is 3. The van der Waals surface area contributed by atoms with E-state index in [1.54, 1.807) is 24.3 Å². The maximum absolute atomic E-state index is 13.0. The molecule has 18 heavy (non-hydrogen) atoms. The van der Waals surface area contributed by atoms with Gasteiger partial charge in [-0.15, -0.1) is 0 Å². The Balaban J connectivity index is 2.38. The lowest BCUT2D eigenvalue weighted by molar-refractivity contribution is -0.152. The van der Waals surface area contributed by atoms with Gasteiger partial charge in [-0.3, -0.25) is 0 Å². The van der Waals surface area contributed by atoms with Crippen molar-refractivity contribution in [3.63, 3.8) is 0 Å². The topological polar surface area (TPSA) is 27.0 Å². The molecule has 1 fully saturated rings. The van der Waals surface area contributed by atoms with E-state index in [1.807, 2.05) is 6.07 Å². The number of benzene rings is 1. The molecule has 2 rings (SSSR count). The summed E-state index contributed by atoms with van der Waals surface area (Å²) in [6.45, 7) is 0.350. The van der Waals surface area contributed by atoms with Crippen LogP contribution in [-0.2, 0) is 0 Å². The first-order chi connectivity index (χ1) is 8.54. The second-order valence-corrected chi connectivity index (χ2v) is 4.38. The minimum absolute atomic E-state index is 0.100. The van der Waals surface area contributed by atoms with Gasteiger partial charge in [-0.05, 0) is 31.4 Å². The molecule has 0 amide bonds. The first-order valence-electron chi connectivity index (χ1n) is 5.86. The predicted molar refractivity (Wildman–Crippen MR) is 62.2 cm³/mol. The second-order valence-electron chi connectivity index (χ2n) is 4.38. The van der Waals surface area contributed by atoms with Crippen LogP contribution >= 0.6 is 0 Å². The van der Waals surface area contributed by atoms with Gasteiger partial charge < -0.3 is 4.90 Å². The van der Waals surface area contributed by atoms with Crippen molar-refractivity contribution in [1.82, 2.24) is 0 Å². The Hall–Kier alpha value is -1.70. The molecule has 0 aliphatic carbocycles. The van der Waals surface area contributed by atoms with Crippen LogP contribution in [0, 0.1) is 11.3 Å². The first-order valence-corrected chi connectivity index (χ1v) is 5.86. The van der Waals surface area contributed by atoms with Gasteiger partial charge in [-0.25, -0.2) is 0 Å². The molecule has 0 bridgehead atoms. The molecule has 1 atom stereocenters. The van der Waals surface area contributed by atoms with Crippen LogP contribution in [0.1, 0.15) is 24.8 Å². The SMILES string of the molecule is N#Cc1ccccc1N1CCCCC1C(F)(F)F. The molecule has 96 valence electrons. The summed E-state index contributed by atoms with van der Waals surface area (Å²) in [6.07, 6.45) is -2.84. The number of hydrogen-bond donors (Lipinski definition) is 0. The van der Waals surface area contributed by atoms with Crippen molar-refractivity contribution < 1.29 is 13.2 Å². The molecule has 1 unspecified atom stereocenters. The van der Waals surface area contributed by atoms with E-state index < -0.39 is 12.2 Å². The number of anilines is 1. The van der Waals surface area contributed by atoms with Crippen LogP contribution in [0.15, 0.2) is 24.3 Å². The number of nitrogens with zero attached hydrogens (tertiary/aromatic N) is 2. The summed E-state index contributed by atoms with van der Waals surface area (Å²) in [5, 5.41) is 8.98. The number of halogens is 3. The zero-order valence-corrected chi connectivity index (χ0v) is 9.74. The first kappa shape index (κ1) is 12.7. The number of hydrogen-bond acceptors (Lipinski definition) is 2. The zero-order chi connectivity index (χ0) is 13.2. The highest BCUT2D eigenvalue weighted by Crippen LogP contribution is 2.36. The molecular formula is C13H13F3N2. The Morgan fingerprint density at radius 3 is 2.61 bits per heavy atom. The zero-order valence-electron chi connectivity index (χ0n) is 9.74. The lowest BCUT2D eigenvalue weighted by Crippen LogP contribution is -2.49. The van der Waals surface area contributed by atoms with Gasteiger partial charge in [0.2, 0.25) is 0 Å². The third-order valence-electron chi connectivity index (χ3n) is 3.21. The summed E-state index contributed by atoms with van der Waals surface area (Å²) in [5.74, 6) is 0. The number of para-hydroxylation sites is 1. The summed E-state index contributed by atoms with van der Waals surface area (Å²) in [4.78, 5) is 1.32. The van der Waals surface area contributed by atoms with Crippen molar-refractivity contribution in [1.29, 1.82) is 5.26 Å². The summed E-state index contributed by atoms with van der Waals surface area (Å²) in [5.41, 5.74) is 0.690. The summed E-state index contributed by atoms with van der Waals surface area (Å²) >= 11 is 0. The van der Waals surface area contributed by atoms with Crippen LogP contribution in [0.25, 0.3) is 0 Å². The van der Waals surface area contributed by atoms with Crippen molar-refractivity contribution >= 4 is 5.69 Å². The number of rotatable bonds is 1. The molecule has 5 heteroatoms. The van der Waals surface area contributed by atoms with Crippen LogP contribution in [0.3, 0.4) is 0 Å². The summed E-state index contributed by atoms with van der Waals surface area (Å²) < 4.78 is 39.0. The Kier molecular flexibility index (Phi) is 3.46. The summed E-state index contributed by atoms with van der Waals surface area (Å²) in [6, 6.07) is 6.95. The van der Waals surface area contributed by atoms with E-state index in [0.717, 1.165) is 6.42 Å². The van der Waals surface area contributed by atoms with Crippen molar-refractivity contribution in [3.8, 4) is 6.07 Å². The maximum atomic E-state index is 13.0. The molecule has 1 saturated heterocycles. The molecule has 2 nitrogen and oxygen atoms in total. The van der Waals surface area contributed by atoms with Crippen LogP contribution in [-0.4, -0.2) is 18.8 Å². The van der Waals surface area contributed by atoms with E-state index in [1.165, 1.54) is 4.90 Å². The number of piperidine rings is 1. The lowest BCUT2D eigenvalue weighted by Gasteiger charge is -2.38. The van der Waals surface area contributed by atoms with Crippen molar-refractivity contribution in [2.24, 2.45) is 0 Å². The second kappa shape index (κ2) is 4.89. The van der Waals surface area contributed by atoms with Gasteiger partial charge in [0, 0.05) is 6.54 Å². The third-order valence-corrected chi connectivity index (χ3v) is 3.21. The highest BCUT2D eigenvalue weighted by molar-refractivity contribution is 5.60. The molecular weight excluding hydrogens is 241 g/mol. The Labute approximate surface area is 104 Å². The monoisotopic (exact) mass is 254 g/mol. The minimum atomic E-state index is -4.25. The summed E-state index contributed by atoms with van der Waals surface area (Å²) in [7, 11) is 0. The molecule has 0 N–H and O–H groups in total. The third kappa shape index (κ3) is 2.42. The van der Waals surface area contributed by atoms with Gasteiger partial charge in [0.05, 0.1) is 11.3 Å². The van der Waals surface area contributed by atoms with E-state index in [9.17, 15) is 13.2 Å². The van der Waals surface area contributed by atoms with Crippen LogP contribution < -0.4 is 4.90 Å². The van der Waals surface area contributed by atoms with Gasteiger partial charge in [0.15, 0.2) is 0 Å². The van der Waals surface area contributed by atoms with Gasteiger partial charge >= 0.3 is 6.18 Å². The lowest BCUT2D eigenvalue weighted by atomic mass is 9.99. The predicted octanol–water partition coefficient (Wildman–Crippen LogP) is 3.48. The Morgan fingerprint density at radius 1 is 1.22 bits per heavy atom. The molecule has 1 heterocycles.